The summed E-state index contributed by atoms with van der Waals surface area (Å²) in [7, 11) is -3.66. The predicted octanol–water partition coefficient (Wildman–Crippen LogP) is 2.11. The quantitative estimate of drug-likeness (QED) is 0.862. The van der Waals surface area contributed by atoms with E-state index in [9.17, 15) is 8.42 Å². The molecule has 3 rings (SSSR count). The van der Waals surface area contributed by atoms with Crippen LogP contribution in [0.4, 0.5) is 0 Å². The molecule has 8 heteroatoms. The van der Waals surface area contributed by atoms with Crippen molar-refractivity contribution in [2.45, 2.75) is 44.6 Å². The fourth-order valence-corrected chi connectivity index (χ4v) is 4.77. The molecule has 7 nitrogen and oxygen atoms in total. The maximum atomic E-state index is 12.9. The molecule has 0 radical (unpaired) electrons. The summed E-state index contributed by atoms with van der Waals surface area (Å²) in [4.78, 5) is 0.158. The zero-order valence-corrected chi connectivity index (χ0v) is 13.0. The molecule has 114 valence electrons. The Labute approximate surface area is 122 Å². The summed E-state index contributed by atoms with van der Waals surface area (Å²) in [6.07, 6.45) is 1.50. The summed E-state index contributed by atoms with van der Waals surface area (Å²) in [6.45, 7) is 5.51. The topological polar surface area (TPSA) is 89.4 Å². The fourth-order valence-electron chi connectivity index (χ4n) is 2.81. The lowest BCUT2D eigenvalue weighted by atomic mass is 10.2. The molecule has 1 fully saturated rings. The van der Waals surface area contributed by atoms with E-state index < -0.39 is 10.0 Å². The Hall–Kier alpha value is -1.67. The van der Waals surface area contributed by atoms with Crippen molar-refractivity contribution < 1.29 is 17.5 Å². The van der Waals surface area contributed by atoms with Crippen LogP contribution in [0.15, 0.2) is 20.0 Å². The molecule has 0 N–H and O–H groups in total. The number of sulfonamides is 1. The van der Waals surface area contributed by atoms with Gasteiger partial charge in [-0.25, -0.2) is 8.42 Å². The predicted molar refractivity (Wildman–Crippen MR) is 73.1 cm³/mol. The van der Waals surface area contributed by atoms with Crippen LogP contribution in [0.25, 0.3) is 0 Å². The summed E-state index contributed by atoms with van der Waals surface area (Å²) < 4.78 is 37.5. The van der Waals surface area contributed by atoms with E-state index in [2.05, 4.69) is 10.3 Å². The van der Waals surface area contributed by atoms with E-state index in [1.54, 1.807) is 19.9 Å². The van der Waals surface area contributed by atoms with Gasteiger partial charge in [0.2, 0.25) is 10.0 Å². The highest BCUT2D eigenvalue weighted by Crippen LogP contribution is 2.38. The minimum Gasteiger partial charge on any atom is -0.360 e. The summed E-state index contributed by atoms with van der Waals surface area (Å²) in [5, 5.41) is 7.59. The molecule has 2 aromatic rings. The van der Waals surface area contributed by atoms with Crippen LogP contribution in [0.5, 0.6) is 0 Å². The summed E-state index contributed by atoms with van der Waals surface area (Å²) in [6, 6.07) is 1.47. The van der Waals surface area contributed by atoms with Gasteiger partial charge in [0.15, 0.2) is 11.5 Å². The molecule has 0 spiro atoms. The van der Waals surface area contributed by atoms with Crippen LogP contribution >= 0.6 is 0 Å². The summed E-state index contributed by atoms with van der Waals surface area (Å²) >= 11 is 0. The second-order valence-electron chi connectivity index (χ2n) is 5.30. The summed E-state index contributed by atoms with van der Waals surface area (Å²) in [5.74, 6) is 0.896. The van der Waals surface area contributed by atoms with Crippen LogP contribution < -0.4 is 0 Å². The van der Waals surface area contributed by atoms with Crippen molar-refractivity contribution >= 4 is 10.0 Å². The molecule has 1 saturated heterocycles. The zero-order chi connectivity index (χ0) is 15.2. The van der Waals surface area contributed by atoms with Gasteiger partial charge in [-0.3, -0.25) is 0 Å². The molecule has 0 aromatic carbocycles. The van der Waals surface area contributed by atoms with Crippen molar-refractivity contribution in [2.24, 2.45) is 0 Å². The molecule has 0 saturated carbocycles. The molecule has 2 aromatic heterocycles. The lowest BCUT2D eigenvalue weighted by molar-refractivity contribution is 0.296. The second kappa shape index (κ2) is 4.96. The average molecular weight is 311 g/mol. The number of nitrogens with zero attached hydrogens (tertiary/aromatic N) is 3. The first-order valence-electron chi connectivity index (χ1n) is 6.79. The first kappa shape index (κ1) is 14.3. The minimum absolute atomic E-state index is 0.158. The first-order chi connectivity index (χ1) is 9.91. The van der Waals surface area contributed by atoms with Gasteiger partial charge < -0.3 is 9.05 Å². The second-order valence-corrected chi connectivity index (χ2v) is 7.13. The van der Waals surface area contributed by atoms with Crippen LogP contribution in [0.3, 0.4) is 0 Å². The smallest absolute Gasteiger partial charge is 0.249 e. The van der Waals surface area contributed by atoms with E-state index in [4.69, 9.17) is 9.05 Å². The van der Waals surface area contributed by atoms with Crippen molar-refractivity contribution in [2.75, 3.05) is 6.54 Å². The molecule has 0 bridgehead atoms. The highest BCUT2D eigenvalue weighted by molar-refractivity contribution is 7.89. The van der Waals surface area contributed by atoms with Crippen LogP contribution in [0.2, 0.25) is 0 Å². The van der Waals surface area contributed by atoms with Gasteiger partial charge in [-0.05, 0) is 33.6 Å². The summed E-state index contributed by atoms with van der Waals surface area (Å²) in [5.41, 5.74) is 1.12. The SMILES string of the molecule is Cc1cc([C@@H]2CCCN2S(=O)(=O)c2c(C)noc2C)on1. The van der Waals surface area contributed by atoms with E-state index in [1.165, 1.54) is 4.31 Å². The number of hydrogen-bond donors (Lipinski definition) is 0. The fraction of sp³-hybridized carbons (Fsp3) is 0.538. The molecule has 1 atom stereocenters. The number of hydrogen-bond acceptors (Lipinski definition) is 6. The van der Waals surface area contributed by atoms with Crippen molar-refractivity contribution in [3.8, 4) is 0 Å². The molecular formula is C13H17N3O4S. The normalized spacial score (nSPS) is 20.2. The first-order valence-corrected chi connectivity index (χ1v) is 8.23. The molecular weight excluding hydrogens is 294 g/mol. The van der Waals surface area contributed by atoms with Crippen molar-refractivity contribution in [3.63, 3.8) is 0 Å². The third-order valence-electron chi connectivity index (χ3n) is 3.71. The van der Waals surface area contributed by atoms with Crippen molar-refractivity contribution in [1.29, 1.82) is 0 Å². The van der Waals surface area contributed by atoms with Gasteiger partial charge in [-0.2, -0.15) is 4.31 Å². The molecule has 0 unspecified atom stereocenters. The Morgan fingerprint density at radius 1 is 1.24 bits per heavy atom. The third-order valence-corrected chi connectivity index (χ3v) is 5.87. The molecule has 0 amide bonds. The van der Waals surface area contributed by atoms with Crippen LogP contribution in [-0.4, -0.2) is 29.6 Å². The van der Waals surface area contributed by atoms with Crippen LogP contribution in [0.1, 0.15) is 41.8 Å². The van der Waals surface area contributed by atoms with E-state index in [1.807, 2.05) is 6.92 Å². The standard InChI is InChI=1S/C13H17N3O4S/c1-8-7-12(20-14-8)11-5-4-6-16(11)21(17,18)13-9(2)15-19-10(13)3/h7,11H,4-6H2,1-3H3/t11-/m0/s1. The van der Waals surface area contributed by atoms with Gasteiger partial charge in [-0.1, -0.05) is 10.3 Å². The molecule has 0 aliphatic carbocycles. The third kappa shape index (κ3) is 2.28. The highest BCUT2D eigenvalue weighted by Gasteiger charge is 2.40. The van der Waals surface area contributed by atoms with Gasteiger partial charge in [-0.15, -0.1) is 0 Å². The largest absolute Gasteiger partial charge is 0.360 e. The Morgan fingerprint density at radius 2 is 2.00 bits per heavy atom. The lowest BCUT2D eigenvalue weighted by Gasteiger charge is -2.21. The molecule has 1 aliphatic heterocycles. The number of rotatable bonds is 3. The van der Waals surface area contributed by atoms with E-state index >= 15 is 0 Å². The highest BCUT2D eigenvalue weighted by atomic mass is 32.2. The maximum absolute atomic E-state index is 12.9. The van der Waals surface area contributed by atoms with Crippen molar-refractivity contribution in [3.05, 3.63) is 29.0 Å². The van der Waals surface area contributed by atoms with E-state index in [0.29, 0.717) is 23.8 Å². The Balaban J connectivity index is 2.02. The van der Waals surface area contributed by atoms with Crippen LogP contribution in [0, 0.1) is 20.8 Å². The van der Waals surface area contributed by atoms with E-state index in [-0.39, 0.29) is 10.9 Å². The van der Waals surface area contributed by atoms with Gasteiger partial charge in [0.1, 0.15) is 10.6 Å². The minimum atomic E-state index is -3.66. The Kier molecular flexibility index (Phi) is 3.37. The molecule has 3 heterocycles. The van der Waals surface area contributed by atoms with Crippen molar-refractivity contribution in [1.82, 2.24) is 14.6 Å². The van der Waals surface area contributed by atoms with Gasteiger partial charge in [0, 0.05) is 12.6 Å². The molecule has 1 aliphatic rings. The maximum Gasteiger partial charge on any atom is 0.249 e. The lowest BCUT2D eigenvalue weighted by Crippen LogP contribution is -2.31. The number of aromatic nitrogens is 2. The van der Waals surface area contributed by atoms with E-state index in [0.717, 1.165) is 18.5 Å². The monoisotopic (exact) mass is 311 g/mol. The van der Waals surface area contributed by atoms with Gasteiger partial charge in [0.25, 0.3) is 0 Å². The Bertz CT molecular complexity index is 743. The Morgan fingerprint density at radius 3 is 2.57 bits per heavy atom. The van der Waals surface area contributed by atoms with Gasteiger partial charge in [0.05, 0.1) is 11.7 Å². The number of aryl methyl sites for hydroxylation is 3. The van der Waals surface area contributed by atoms with Gasteiger partial charge >= 0.3 is 0 Å². The molecule has 21 heavy (non-hydrogen) atoms. The zero-order valence-electron chi connectivity index (χ0n) is 12.2. The van der Waals surface area contributed by atoms with Crippen LogP contribution in [-0.2, 0) is 10.0 Å². The average Bonchev–Trinajstić information content (AvgIpc) is 3.09.